The van der Waals surface area contributed by atoms with E-state index in [2.05, 4.69) is 22.3 Å². The zero-order valence-electron chi connectivity index (χ0n) is 11.9. The summed E-state index contributed by atoms with van der Waals surface area (Å²) in [6, 6.07) is 10.3. The molecule has 5 nitrogen and oxygen atoms in total. The molecular formula is C14H24N4O. The highest BCUT2D eigenvalue weighted by atomic mass is 16.4. The zero-order valence-corrected chi connectivity index (χ0v) is 11.9. The first-order valence-electron chi connectivity index (χ1n) is 6.45. The maximum Gasteiger partial charge on any atom is 0.147 e. The van der Waals surface area contributed by atoms with Crippen LogP contribution in [0.4, 0.5) is 0 Å². The molecule has 1 rings (SSSR count). The summed E-state index contributed by atoms with van der Waals surface area (Å²) < 4.78 is 0. The lowest BCUT2D eigenvalue weighted by Crippen LogP contribution is -2.39. The molecule has 0 saturated heterocycles. The van der Waals surface area contributed by atoms with Crippen LogP contribution in [-0.4, -0.2) is 49.2 Å². The topological polar surface area (TPSA) is 73.9 Å². The molecule has 19 heavy (non-hydrogen) atoms. The van der Waals surface area contributed by atoms with Crippen LogP contribution >= 0.6 is 0 Å². The summed E-state index contributed by atoms with van der Waals surface area (Å²) in [4.78, 5) is 2.15. The highest BCUT2D eigenvalue weighted by Crippen LogP contribution is 2.14. The van der Waals surface area contributed by atoms with E-state index in [1.165, 1.54) is 0 Å². The maximum absolute atomic E-state index is 8.89. The molecule has 0 radical (unpaired) electrons. The molecule has 0 saturated carbocycles. The summed E-state index contributed by atoms with van der Waals surface area (Å²) in [7, 11) is 4.09. The molecule has 1 aromatic carbocycles. The molecule has 4 N–H and O–H groups in total. The molecular weight excluding hydrogens is 240 g/mol. The first-order valence-corrected chi connectivity index (χ1v) is 6.45. The van der Waals surface area contributed by atoms with Crippen molar-refractivity contribution in [3.8, 4) is 0 Å². The molecule has 1 aromatic rings. The Bertz CT molecular complexity index is 392. The monoisotopic (exact) mass is 264 g/mol. The van der Waals surface area contributed by atoms with Crippen LogP contribution in [0.3, 0.4) is 0 Å². The van der Waals surface area contributed by atoms with Crippen LogP contribution in [0.2, 0.25) is 0 Å². The van der Waals surface area contributed by atoms with Crippen LogP contribution < -0.4 is 11.1 Å². The van der Waals surface area contributed by atoms with Gasteiger partial charge in [0.1, 0.15) is 5.84 Å². The van der Waals surface area contributed by atoms with Gasteiger partial charge < -0.3 is 21.2 Å². The van der Waals surface area contributed by atoms with Gasteiger partial charge >= 0.3 is 0 Å². The molecule has 0 aliphatic carbocycles. The minimum Gasteiger partial charge on any atom is -0.409 e. The molecule has 0 bridgehead atoms. The van der Waals surface area contributed by atoms with Gasteiger partial charge in [0.2, 0.25) is 0 Å². The van der Waals surface area contributed by atoms with Gasteiger partial charge in [-0.05, 0) is 26.6 Å². The average Bonchev–Trinajstić information content (AvgIpc) is 2.43. The van der Waals surface area contributed by atoms with Crippen LogP contribution in [0.1, 0.15) is 18.4 Å². The Labute approximate surface area is 115 Å². The van der Waals surface area contributed by atoms with Crippen LogP contribution in [0, 0.1) is 0 Å². The van der Waals surface area contributed by atoms with E-state index < -0.39 is 0 Å². The standard InChI is InChI=1S/C14H24N4O/c1-11(18(2)3)9-16-10-13(14(15)17-19)12-7-5-4-6-8-12/h4-8,11,13,16,19H,9-10H2,1-3H3,(H2,15,17). The molecule has 0 aliphatic heterocycles. The fourth-order valence-corrected chi connectivity index (χ4v) is 1.77. The van der Waals surface area contributed by atoms with Crippen LogP contribution in [0.5, 0.6) is 0 Å². The van der Waals surface area contributed by atoms with E-state index >= 15 is 0 Å². The molecule has 0 spiro atoms. The van der Waals surface area contributed by atoms with Crippen LogP contribution in [0.15, 0.2) is 35.5 Å². The highest BCUT2D eigenvalue weighted by Gasteiger charge is 2.16. The zero-order chi connectivity index (χ0) is 14.3. The van der Waals surface area contributed by atoms with Crippen molar-refractivity contribution in [1.82, 2.24) is 10.2 Å². The second-order valence-corrected chi connectivity index (χ2v) is 4.96. The summed E-state index contributed by atoms with van der Waals surface area (Å²) in [5, 5.41) is 15.4. The smallest absolute Gasteiger partial charge is 0.147 e. The number of benzene rings is 1. The first-order chi connectivity index (χ1) is 9.06. The minimum absolute atomic E-state index is 0.111. The average molecular weight is 264 g/mol. The number of amidine groups is 1. The second-order valence-electron chi connectivity index (χ2n) is 4.96. The number of hydrogen-bond acceptors (Lipinski definition) is 4. The molecule has 0 amide bonds. The Balaban J connectivity index is 2.62. The van der Waals surface area contributed by atoms with Crippen molar-refractivity contribution < 1.29 is 5.21 Å². The Morgan fingerprint density at radius 1 is 1.32 bits per heavy atom. The number of nitrogens with two attached hydrogens (primary N) is 1. The summed E-state index contributed by atoms with van der Waals surface area (Å²) in [5.41, 5.74) is 6.82. The van der Waals surface area contributed by atoms with E-state index in [1.54, 1.807) is 0 Å². The van der Waals surface area contributed by atoms with Crippen LogP contribution in [0.25, 0.3) is 0 Å². The number of nitrogens with zero attached hydrogens (tertiary/aromatic N) is 2. The lowest BCUT2D eigenvalue weighted by Gasteiger charge is -2.22. The molecule has 106 valence electrons. The lowest BCUT2D eigenvalue weighted by atomic mass is 9.98. The summed E-state index contributed by atoms with van der Waals surface area (Å²) in [6.07, 6.45) is 0. The predicted octanol–water partition coefficient (Wildman–Crippen LogP) is 1.06. The summed E-state index contributed by atoms with van der Waals surface area (Å²) >= 11 is 0. The molecule has 5 heteroatoms. The Morgan fingerprint density at radius 2 is 1.95 bits per heavy atom. The van der Waals surface area contributed by atoms with Gasteiger partial charge in [0.25, 0.3) is 0 Å². The Kier molecular flexibility index (Phi) is 6.32. The van der Waals surface area contributed by atoms with Gasteiger partial charge in [-0.3, -0.25) is 0 Å². The third-order valence-electron chi connectivity index (χ3n) is 3.34. The molecule has 0 fully saturated rings. The van der Waals surface area contributed by atoms with Gasteiger partial charge in [-0.25, -0.2) is 0 Å². The molecule has 2 atom stereocenters. The quantitative estimate of drug-likeness (QED) is 0.298. The third-order valence-corrected chi connectivity index (χ3v) is 3.34. The molecule has 2 unspecified atom stereocenters. The normalized spacial score (nSPS) is 15.5. The minimum atomic E-state index is -0.111. The lowest BCUT2D eigenvalue weighted by molar-refractivity contribution is 0.301. The fraction of sp³-hybridized carbons (Fsp3) is 0.500. The van der Waals surface area contributed by atoms with Crippen molar-refractivity contribution in [1.29, 1.82) is 0 Å². The number of oxime groups is 1. The fourth-order valence-electron chi connectivity index (χ4n) is 1.77. The largest absolute Gasteiger partial charge is 0.409 e. The van der Waals surface area contributed by atoms with Crippen molar-refractivity contribution in [2.45, 2.75) is 18.9 Å². The Hall–Kier alpha value is -1.59. The molecule has 0 aromatic heterocycles. The summed E-state index contributed by atoms with van der Waals surface area (Å²) in [6.45, 7) is 3.65. The van der Waals surface area contributed by atoms with Crippen LogP contribution in [-0.2, 0) is 0 Å². The van der Waals surface area contributed by atoms with E-state index in [-0.39, 0.29) is 11.8 Å². The number of hydrogen-bond donors (Lipinski definition) is 3. The van der Waals surface area contributed by atoms with E-state index in [9.17, 15) is 0 Å². The van der Waals surface area contributed by atoms with Gasteiger partial charge in [-0.15, -0.1) is 0 Å². The van der Waals surface area contributed by atoms with Gasteiger partial charge in [0.05, 0.1) is 5.92 Å². The van der Waals surface area contributed by atoms with E-state index in [1.807, 2.05) is 44.4 Å². The van der Waals surface area contributed by atoms with Crippen molar-refractivity contribution in [2.75, 3.05) is 27.2 Å². The van der Waals surface area contributed by atoms with Crippen molar-refractivity contribution in [3.05, 3.63) is 35.9 Å². The predicted molar refractivity (Wildman–Crippen MR) is 78.6 cm³/mol. The van der Waals surface area contributed by atoms with Gasteiger partial charge in [-0.2, -0.15) is 0 Å². The number of rotatable bonds is 7. The highest BCUT2D eigenvalue weighted by molar-refractivity contribution is 5.87. The van der Waals surface area contributed by atoms with E-state index in [0.29, 0.717) is 12.6 Å². The number of nitrogens with one attached hydrogen (secondary N) is 1. The van der Waals surface area contributed by atoms with E-state index in [0.717, 1.165) is 12.1 Å². The SMILES string of the molecule is CC(CNCC(C(N)=NO)c1ccccc1)N(C)C. The van der Waals surface area contributed by atoms with Gasteiger partial charge in [-0.1, -0.05) is 35.5 Å². The van der Waals surface area contributed by atoms with Crippen molar-refractivity contribution >= 4 is 5.84 Å². The first kappa shape index (κ1) is 15.5. The maximum atomic E-state index is 8.89. The third kappa shape index (κ3) is 4.89. The van der Waals surface area contributed by atoms with Crippen molar-refractivity contribution in [3.63, 3.8) is 0 Å². The second kappa shape index (κ2) is 7.76. The summed E-state index contributed by atoms with van der Waals surface area (Å²) in [5.74, 6) is 0.122. The van der Waals surface area contributed by atoms with Crippen molar-refractivity contribution in [2.24, 2.45) is 10.9 Å². The molecule has 0 aliphatic rings. The molecule has 0 heterocycles. The van der Waals surface area contributed by atoms with Gasteiger partial charge in [0, 0.05) is 19.1 Å². The van der Waals surface area contributed by atoms with Gasteiger partial charge in [0.15, 0.2) is 0 Å². The Morgan fingerprint density at radius 3 is 2.47 bits per heavy atom. The number of likely N-dealkylation sites (N-methyl/N-ethyl adjacent to an activating group) is 1. The van der Waals surface area contributed by atoms with E-state index in [4.69, 9.17) is 10.9 Å².